The fraction of sp³-hybridized carbons (Fsp3) is 0.211. The second kappa shape index (κ2) is 8.05. The Morgan fingerprint density at radius 2 is 1.82 bits per heavy atom. The molecule has 0 spiro atoms. The van der Waals surface area contributed by atoms with Crippen LogP contribution >= 0.6 is 11.8 Å². The Balaban J connectivity index is 1.88. The Morgan fingerprint density at radius 3 is 2.43 bits per heavy atom. The molecule has 0 aliphatic heterocycles. The summed E-state index contributed by atoms with van der Waals surface area (Å²) in [6.07, 6.45) is -4.48. The zero-order valence-corrected chi connectivity index (χ0v) is 15.9. The van der Waals surface area contributed by atoms with Crippen molar-refractivity contribution >= 4 is 23.4 Å². The van der Waals surface area contributed by atoms with Gasteiger partial charge in [-0.2, -0.15) is 13.2 Å². The number of rotatable bonds is 5. The summed E-state index contributed by atoms with van der Waals surface area (Å²) in [6, 6.07) is 13.5. The van der Waals surface area contributed by atoms with Gasteiger partial charge in [-0.25, -0.2) is 0 Å². The molecule has 0 aliphatic carbocycles. The maximum Gasteiger partial charge on any atom is 0.416 e. The van der Waals surface area contributed by atoms with Crippen LogP contribution in [0.25, 0.3) is 0 Å². The summed E-state index contributed by atoms with van der Waals surface area (Å²) in [5.74, 6) is 0.240. The Labute approximate surface area is 164 Å². The van der Waals surface area contributed by atoms with E-state index in [-0.39, 0.29) is 5.69 Å². The van der Waals surface area contributed by atoms with Crippen LogP contribution in [0.15, 0.2) is 59.8 Å². The average Bonchev–Trinajstić information content (AvgIpc) is 2.98. The number of carbonyl (C=O) groups is 1. The first-order chi connectivity index (χ1) is 13.3. The van der Waals surface area contributed by atoms with Crippen molar-refractivity contribution < 1.29 is 18.0 Å². The molecule has 0 saturated heterocycles. The molecule has 3 aromatic rings. The van der Waals surface area contributed by atoms with Gasteiger partial charge in [-0.05, 0) is 30.7 Å². The highest BCUT2D eigenvalue weighted by molar-refractivity contribution is 8.00. The molecule has 1 aromatic heterocycles. The van der Waals surface area contributed by atoms with E-state index in [1.54, 1.807) is 42.8 Å². The molecule has 1 heterocycles. The molecule has 1 atom stereocenters. The molecule has 0 fully saturated rings. The highest BCUT2D eigenvalue weighted by Gasteiger charge is 2.31. The number of nitrogens with zero attached hydrogens (tertiary/aromatic N) is 3. The monoisotopic (exact) mass is 406 g/mol. The van der Waals surface area contributed by atoms with Crippen LogP contribution in [0.4, 0.5) is 18.9 Å². The van der Waals surface area contributed by atoms with Crippen molar-refractivity contribution in [3.63, 3.8) is 0 Å². The Morgan fingerprint density at radius 1 is 1.11 bits per heavy atom. The van der Waals surface area contributed by atoms with Crippen molar-refractivity contribution in [2.45, 2.75) is 23.5 Å². The first-order valence-electron chi connectivity index (χ1n) is 8.31. The van der Waals surface area contributed by atoms with E-state index in [1.807, 2.05) is 6.07 Å². The first kappa shape index (κ1) is 19.9. The van der Waals surface area contributed by atoms with Gasteiger partial charge in [0.15, 0.2) is 5.16 Å². The van der Waals surface area contributed by atoms with Crippen LogP contribution in [0.1, 0.15) is 22.2 Å². The van der Waals surface area contributed by atoms with E-state index in [2.05, 4.69) is 15.5 Å². The number of thioether (sulfide) groups is 1. The lowest BCUT2D eigenvalue weighted by Gasteiger charge is -2.17. The van der Waals surface area contributed by atoms with Crippen molar-refractivity contribution in [1.29, 1.82) is 0 Å². The molecule has 1 amide bonds. The summed E-state index contributed by atoms with van der Waals surface area (Å²) in [5.41, 5.74) is -0.0359. The number of carbonyl (C=O) groups excluding carboxylic acids is 1. The van der Waals surface area contributed by atoms with E-state index >= 15 is 0 Å². The van der Waals surface area contributed by atoms with Gasteiger partial charge in [-0.15, -0.1) is 10.2 Å². The predicted octanol–water partition coefficient (Wildman–Crippen LogP) is 4.61. The molecule has 3 rings (SSSR count). The minimum atomic E-state index is -4.48. The fourth-order valence-electron chi connectivity index (χ4n) is 2.48. The van der Waals surface area contributed by atoms with Crippen LogP contribution in [0.3, 0.4) is 0 Å². The number of anilines is 1. The Bertz CT molecular complexity index is 973. The van der Waals surface area contributed by atoms with Crippen molar-refractivity contribution in [3.8, 4) is 0 Å². The molecule has 1 N–H and O–H groups in total. The third-order valence-electron chi connectivity index (χ3n) is 4.07. The van der Waals surface area contributed by atoms with Gasteiger partial charge in [0.2, 0.25) is 5.91 Å². The van der Waals surface area contributed by atoms with Gasteiger partial charge in [0.25, 0.3) is 0 Å². The zero-order valence-electron chi connectivity index (χ0n) is 15.1. The number of aryl methyl sites for hydroxylation is 1. The summed E-state index contributed by atoms with van der Waals surface area (Å²) in [6.45, 7) is 1.79. The number of hydrogen-bond donors (Lipinski definition) is 1. The smallest absolute Gasteiger partial charge is 0.325 e. The lowest BCUT2D eigenvalue weighted by atomic mass is 10.1. The van der Waals surface area contributed by atoms with E-state index in [1.165, 1.54) is 23.9 Å². The molecule has 0 bridgehead atoms. The second-order valence-corrected chi connectivity index (χ2v) is 7.14. The number of alkyl halides is 3. The van der Waals surface area contributed by atoms with Gasteiger partial charge in [0, 0.05) is 12.7 Å². The molecular formula is C19H17F3N4OS. The number of amides is 1. The Hall–Kier alpha value is -2.81. The quantitative estimate of drug-likeness (QED) is 0.629. The van der Waals surface area contributed by atoms with Crippen molar-refractivity contribution in [2.75, 3.05) is 5.32 Å². The van der Waals surface area contributed by atoms with Gasteiger partial charge < -0.3 is 9.88 Å². The summed E-state index contributed by atoms with van der Waals surface area (Å²) in [4.78, 5) is 12.9. The van der Waals surface area contributed by atoms with E-state index in [4.69, 9.17) is 0 Å². The minimum Gasteiger partial charge on any atom is -0.325 e. The van der Waals surface area contributed by atoms with Crippen LogP contribution < -0.4 is 5.32 Å². The third-order valence-corrected chi connectivity index (χ3v) is 5.36. The van der Waals surface area contributed by atoms with E-state index < -0.39 is 22.9 Å². The first-order valence-corrected chi connectivity index (χ1v) is 9.19. The van der Waals surface area contributed by atoms with Crippen molar-refractivity contribution in [2.24, 2.45) is 7.05 Å². The molecule has 2 aromatic carbocycles. The van der Waals surface area contributed by atoms with Gasteiger partial charge in [-0.3, -0.25) is 4.79 Å². The maximum absolute atomic E-state index is 12.9. The number of halogens is 3. The molecule has 5 nitrogen and oxygen atoms in total. The summed E-state index contributed by atoms with van der Waals surface area (Å²) >= 11 is 1.18. The molecule has 0 unspecified atom stereocenters. The normalized spacial score (nSPS) is 12.6. The third kappa shape index (κ3) is 4.53. The standard InChI is InChI=1S/C19H17F3N4OS/c1-12-24-25-18(26(12)2)28-16(13-7-4-3-5-8-13)17(27)23-15-10-6-9-14(11-15)19(20,21)22/h3-11,16H,1-2H3,(H,23,27)/t16-/m0/s1. The van der Waals surface area contributed by atoms with Crippen LogP contribution in [0, 0.1) is 6.92 Å². The molecule has 146 valence electrons. The number of nitrogens with one attached hydrogen (secondary N) is 1. The highest BCUT2D eigenvalue weighted by Crippen LogP contribution is 2.36. The summed E-state index contributed by atoms with van der Waals surface area (Å²) < 4.78 is 40.5. The topological polar surface area (TPSA) is 59.8 Å². The van der Waals surface area contributed by atoms with Gasteiger partial charge in [0.1, 0.15) is 11.1 Å². The molecule has 28 heavy (non-hydrogen) atoms. The maximum atomic E-state index is 12.9. The van der Waals surface area contributed by atoms with Gasteiger partial charge in [-0.1, -0.05) is 48.2 Å². The van der Waals surface area contributed by atoms with Crippen LogP contribution in [-0.2, 0) is 18.0 Å². The molecule has 0 radical (unpaired) electrons. The highest BCUT2D eigenvalue weighted by atomic mass is 32.2. The SMILES string of the molecule is Cc1nnc(S[C@H](C(=O)Nc2cccc(C(F)(F)F)c2)c2ccccc2)n1C. The van der Waals surface area contributed by atoms with Crippen LogP contribution in [-0.4, -0.2) is 20.7 Å². The number of hydrogen-bond acceptors (Lipinski definition) is 4. The van der Waals surface area contributed by atoms with Gasteiger partial charge in [0.05, 0.1) is 5.56 Å². The van der Waals surface area contributed by atoms with Crippen LogP contribution in [0.5, 0.6) is 0 Å². The van der Waals surface area contributed by atoms with E-state index in [0.717, 1.165) is 12.1 Å². The van der Waals surface area contributed by atoms with Crippen molar-refractivity contribution in [1.82, 2.24) is 14.8 Å². The minimum absolute atomic E-state index is 0.0792. The predicted molar refractivity (Wildman–Crippen MR) is 101 cm³/mol. The average molecular weight is 406 g/mol. The zero-order chi connectivity index (χ0) is 20.3. The summed E-state index contributed by atoms with van der Waals surface area (Å²) in [5, 5.41) is 10.4. The second-order valence-electron chi connectivity index (χ2n) is 6.07. The molecule has 9 heteroatoms. The fourth-order valence-corrected chi connectivity index (χ4v) is 3.53. The van der Waals surface area contributed by atoms with Crippen LogP contribution in [0.2, 0.25) is 0 Å². The number of benzene rings is 2. The molecule has 0 saturated carbocycles. The lowest BCUT2D eigenvalue weighted by Crippen LogP contribution is -2.20. The van der Waals surface area contributed by atoms with E-state index in [0.29, 0.717) is 16.5 Å². The molecule has 0 aliphatic rings. The summed E-state index contributed by atoms with van der Waals surface area (Å²) in [7, 11) is 1.78. The lowest BCUT2D eigenvalue weighted by molar-refractivity contribution is -0.137. The van der Waals surface area contributed by atoms with Gasteiger partial charge >= 0.3 is 6.18 Å². The molecular weight excluding hydrogens is 389 g/mol. The number of aromatic nitrogens is 3. The largest absolute Gasteiger partial charge is 0.416 e. The van der Waals surface area contributed by atoms with E-state index in [9.17, 15) is 18.0 Å². The Kier molecular flexibility index (Phi) is 5.73. The van der Waals surface area contributed by atoms with Crippen molar-refractivity contribution in [3.05, 3.63) is 71.5 Å².